The Bertz CT molecular complexity index is 562. The molecular weight excluding hydrogens is 278 g/mol. The SMILES string of the molecule is C=C(CC)C(=C)N1CCCC(Cc2ccccc2C(C)(C)C)C1. The summed E-state index contributed by atoms with van der Waals surface area (Å²) in [6.45, 7) is 19.8. The van der Waals surface area contributed by atoms with Gasteiger partial charge in [0.25, 0.3) is 0 Å². The first-order valence-corrected chi connectivity index (χ1v) is 9.03. The van der Waals surface area contributed by atoms with Crippen LogP contribution in [0.25, 0.3) is 0 Å². The fourth-order valence-electron chi connectivity index (χ4n) is 3.65. The van der Waals surface area contributed by atoms with E-state index in [1.807, 2.05) is 0 Å². The first-order chi connectivity index (χ1) is 10.8. The van der Waals surface area contributed by atoms with Crippen LogP contribution in [0.4, 0.5) is 0 Å². The monoisotopic (exact) mass is 311 g/mol. The molecule has 0 radical (unpaired) electrons. The second kappa shape index (κ2) is 7.38. The summed E-state index contributed by atoms with van der Waals surface area (Å²) < 4.78 is 0. The van der Waals surface area contributed by atoms with E-state index in [4.69, 9.17) is 0 Å². The van der Waals surface area contributed by atoms with Gasteiger partial charge in [0.1, 0.15) is 0 Å². The average Bonchev–Trinajstić information content (AvgIpc) is 2.53. The number of allylic oxidation sites excluding steroid dienone is 1. The molecule has 0 aromatic heterocycles. The normalized spacial score (nSPS) is 18.8. The molecule has 0 N–H and O–H groups in total. The van der Waals surface area contributed by atoms with Crippen molar-refractivity contribution >= 4 is 0 Å². The van der Waals surface area contributed by atoms with Crippen LogP contribution in [0.15, 0.2) is 48.7 Å². The zero-order chi connectivity index (χ0) is 17.0. The Kier molecular flexibility index (Phi) is 5.73. The lowest BCUT2D eigenvalue weighted by molar-refractivity contribution is 0.219. The lowest BCUT2D eigenvalue weighted by Crippen LogP contribution is -2.36. The van der Waals surface area contributed by atoms with E-state index in [-0.39, 0.29) is 5.41 Å². The van der Waals surface area contributed by atoms with Crippen LogP contribution in [0, 0.1) is 5.92 Å². The zero-order valence-corrected chi connectivity index (χ0v) is 15.5. The highest BCUT2D eigenvalue weighted by Crippen LogP contribution is 2.31. The molecular formula is C22H33N. The number of benzene rings is 1. The number of nitrogens with zero attached hydrogens (tertiary/aromatic N) is 1. The van der Waals surface area contributed by atoms with Crippen molar-refractivity contribution in [1.82, 2.24) is 4.90 Å². The Balaban J connectivity index is 2.09. The summed E-state index contributed by atoms with van der Waals surface area (Å²) in [6, 6.07) is 8.97. The predicted molar refractivity (Wildman–Crippen MR) is 102 cm³/mol. The second-order valence-electron chi connectivity index (χ2n) is 7.97. The Morgan fingerprint density at radius 3 is 2.57 bits per heavy atom. The summed E-state index contributed by atoms with van der Waals surface area (Å²) in [4.78, 5) is 2.46. The highest BCUT2D eigenvalue weighted by atomic mass is 15.1. The van der Waals surface area contributed by atoms with E-state index in [1.165, 1.54) is 36.0 Å². The van der Waals surface area contributed by atoms with Crippen LogP contribution in [0.1, 0.15) is 58.1 Å². The van der Waals surface area contributed by atoms with Gasteiger partial charge in [0, 0.05) is 18.8 Å². The van der Waals surface area contributed by atoms with E-state index >= 15 is 0 Å². The second-order valence-corrected chi connectivity index (χ2v) is 7.97. The third-order valence-electron chi connectivity index (χ3n) is 5.07. The molecule has 1 fully saturated rings. The molecule has 1 aromatic carbocycles. The molecule has 1 atom stereocenters. The maximum absolute atomic E-state index is 4.27. The van der Waals surface area contributed by atoms with Crippen molar-refractivity contribution in [2.24, 2.45) is 5.92 Å². The Labute approximate surface area is 143 Å². The van der Waals surface area contributed by atoms with Gasteiger partial charge in [-0.3, -0.25) is 0 Å². The van der Waals surface area contributed by atoms with Crippen LogP contribution >= 0.6 is 0 Å². The van der Waals surface area contributed by atoms with E-state index in [2.05, 4.69) is 70.0 Å². The molecule has 0 spiro atoms. The van der Waals surface area contributed by atoms with Crippen LogP contribution < -0.4 is 0 Å². The summed E-state index contributed by atoms with van der Waals surface area (Å²) in [5, 5.41) is 0. The van der Waals surface area contributed by atoms with Gasteiger partial charge in [-0.1, -0.05) is 65.1 Å². The summed E-state index contributed by atoms with van der Waals surface area (Å²) in [5.41, 5.74) is 5.56. The number of piperidine rings is 1. The van der Waals surface area contributed by atoms with Crippen molar-refractivity contribution in [2.45, 2.75) is 58.8 Å². The van der Waals surface area contributed by atoms with Gasteiger partial charge in [0.15, 0.2) is 0 Å². The van der Waals surface area contributed by atoms with Crippen molar-refractivity contribution in [3.05, 3.63) is 59.8 Å². The first-order valence-electron chi connectivity index (χ1n) is 9.03. The quantitative estimate of drug-likeness (QED) is 0.629. The minimum atomic E-state index is 0.213. The molecule has 1 nitrogen and oxygen atoms in total. The lowest BCUT2D eigenvalue weighted by atomic mass is 9.80. The van der Waals surface area contributed by atoms with Gasteiger partial charge in [0.2, 0.25) is 0 Å². The third kappa shape index (κ3) is 4.50. The molecule has 126 valence electrons. The molecule has 1 unspecified atom stereocenters. The van der Waals surface area contributed by atoms with Gasteiger partial charge in [-0.05, 0) is 53.7 Å². The zero-order valence-electron chi connectivity index (χ0n) is 15.5. The van der Waals surface area contributed by atoms with E-state index in [0.29, 0.717) is 5.92 Å². The Morgan fingerprint density at radius 2 is 1.91 bits per heavy atom. The summed E-state index contributed by atoms with van der Waals surface area (Å²) >= 11 is 0. The van der Waals surface area contributed by atoms with Crippen LogP contribution in [-0.2, 0) is 11.8 Å². The van der Waals surface area contributed by atoms with Crippen molar-refractivity contribution in [2.75, 3.05) is 13.1 Å². The minimum absolute atomic E-state index is 0.213. The predicted octanol–water partition coefficient (Wildman–Crippen LogP) is 5.72. The fourth-order valence-corrected chi connectivity index (χ4v) is 3.65. The topological polar surface area (TPSA) is 3.24 Å². The molecule has 1 aromatic rings. The van der Waals surface area contributed by atoms with E-state index in [1.54, 1.807) is 0 Å². The average molecular weight is 312 g/mol. The minimum Gasteiger partial charge on any atom is -0.372 e. The van der Waals surface area contributed by atoms with E-state index in [0.717, 1.165) is 25.2 Å². The maximum Gasteiger partial charge on any atom is 0.0319 e. The van der Waals surface area contributed by atoms with Crippen molar-refractivity contribution < 1.29 is 0 Å². The van der Waals surface area contributed by atoms with E-state index in [9.17, 15) is 0 Å². The number of likely N-dealkylation sites (tertiary alicyclic amines) is 1. The molecule has 0 amide bonds. The molecule has 1 heterocycles. The van der Waals surface area contributed by atoms with Gasteiger partial charge in [-0.15, -0.1) is 0 Å². The van der Waals surface area contributed by atoms with E-state index < -0.39 is 0 Å². The Morgan fingerprint density at radius 1 is 1.22 bits per heavy atom. The van der Waals surface area contributed by atoms with Crippen molar-refractivity contribution in [3.8, 4) is 0 Å². The highest BCUT2D eigenvalue weighted by molar-refractivity contribution is 5.33. The van der Waals surface area contributed by atoms with Crippen LogP contribution in [0.5, 0.6) is 0 Å². The molecule has 2 rings (SSSR count). The van der Waals surface area contributed by atoms with Crippen LogP contribution in [0.2, 0.25) is 0 Å². The molecule has 0 saturated carbocycles. The maximum atomic E-state index is 4.27. The highest BCUT2D eigenvalue weighted by Gasteiger charge is 2.24. The standard InChI is InChI=1S/C22H33N/c1-7-17(2)18(3)23-14-10-11-19(16-23)15-20-12-8-9-13-21(20)22(4,5)6/h8-9,12-13,19H,2-3,7,10-11,14-16H2,1,4-6H3. The number of hydrogen-bond donors (Lipinski definition) is 0. The smallest absolute Gasteiger partial charge is 0.0319 e. The molecule has 1 aliphatic rings. The summed E-state index contributed by atoms with van der Waals surface area (Å²) in [7, 11) is 0. The fraction of sp³-hybridized carbons (Fsp3) is 0.545. The van der Waals surface area contributed by atoms with Crippen molar-refractivity contribution in [1.29, 1.82) is 0 Å². The number of hydrogen-bond acceptors (Lipinski definition) is 1. The van der Waals surface area contributed by atoms with Gasteiger partial charge in [-0.25, -0.2) is 0 Å². The van der Waals surface area contributed by atoms with Crippen molar-refractivity contribution in [3.63, 3.8) is 0 Å². The molecule has 0 bridgehead atoms. The summed E-state index contributed by atoms with van der Waals surface area (Å²) in [6.07, 6.45) is 4.75. The molecule has 1 heteroatoms. The first kappa shape index (κ1) is 17.8. The van der Waals surface area contributed by atoms with Gasteiger partial charge < -0.3 is 4.90 Å². The largest absolute Gasteiger partial charge is 0.372 e. The van der Waals surface area contributed by atoms with Crippen LogP contribution in [-0.4, -0.2) is 18.0 Å². The van der Waals surface area contributed by atoms with Gasteiger partial charge >= 0.3 is 0 Å². The summed E-state index contributed by atoms with van der Waals surface area (Å²) in [5.74, 6) is 0.716. The van der Waals surface area contributed by atoms with Gasteiger partial charge in [-0.2, -0.15) is 0 Å². The van der Waals surface area contributed by atoms with Crippen LogP contribution in [0.3, 0.4) is 0 Å². The molecule has 0 aliphatic carbocycles. The lowest BCUT2D eigenvalue weighted by Gasteiger charge is -2.37. The molecule has 1 saturated heterocycles. The molecule has 1 aliphatic heterocycles. The number of rotatable bonds is 5. The van der Waals surface area contributed by atoms with Gasteiger partial charge in [0.05, 0.1) is 0 Å². The Hall–Kier alpha value is -1.50. The molecule has 23 heavy (non-hydrogen) atoms. The third-order valence-corrected chi connectivity index (χ3v) is 5.07.